The molecule has 0 saturated heterocycles. The Hall–Kier alpha value is -2.99. The number of rotatable bonds is 3. The third kappa shape index (κ3) is 2.99. The van der Waals surface area contributed by atoms with Gasteiger partial charge in [0.05, 0.1) is 11.0 Å². The van der Waals surface area contributed by atoms with Crippen LogP contribution in [0, 0.1) is 13.8 Å². The molecule has 0 atom stereocenters. The fraction of sp³-hybridized carbons (Fsp3) is 0.158. The molecule has 4 rings (SSSR count). The van der Waals surface area contributed by atoms with Crippen LogP contribution in [0.3, 0.4) is 0 Å². The van der Waals surface area contributed by atoms with E-state index in [9.17, 15) is 4.79 Å². The van der Waals surface area contributed by atoms with Crippen LogP contribution < -0.4 is 5.56 Å². The molecule has 6 nitrogen and oxygen atoms in total. The van der Waals surface area contributed by atoms with Crippen LogP contribution in [-0.2, 0) is 6.54 Å². The second-order valence-electron chi connectivity index (χ2n) is 6.09. The minimum Gasteiger partial charge on any atom is -0.419 e. The molecule has 4 aromatic rings. The van der Waals surface area contributed by atoms with Gasteiger partial charge in [0.15, 0.2) is 0 Å². The first kappa shape index (κ1) is 16.5. The van der Waals surface area contributed by atoms with Gasteiger partial charge in [0.25, 0.3) is 5.56 Å². The van der Waals surface area contributed by atoms with Crippen molar-refractivity contribution in [2.45, 2.75) is 20.4 Å². The van der Waals surface area contributed by atoms with E-state index in [0.29, 0.717) is 33.5 Å². The van der Waals surface area contributed by atoms with Crippen molar-refractivity contribution in [3.05, 3.63) is 75.0 Å². The first-order chi connectivity index (χ1) is 12.5. The second-order valence-corrected chi connectivity index (χ2v) is 6.52. The number of halogens is 1. The summed E-state index contributed by atoms with van der Waals surface area (Å²) in [5.41, 5.74) is 3.48. The van der Waals surface area contributed by atoms with Gasteiger partial charge in [-0.3, -0.25) is 9.36 Å². The zero-order chi connectivity index (χ0) is 18.3. The number of benzene rings is 2. The number of nitrogens with zero attached hydrogens (tertiary/aromatic N) is 4. The highest BCUT2D eigenvalue weighted by Crippen LogP contribution is 2.20. The van der Waals surface area contributed by atoms with E-state index in [0.717, 1.165) is 11.1 Å². The number of hydrogen-bond donors (Lipinski definition) is 0. The van der Waals surface area contributed by atoms with Crippen LogP contribution in [0.5, 0.6) is 0 Å². The summed E-state index contributed by atoms with van der Waals surface area (Å²) in [6.45, 7) is 3.84. The lowest BCUT2D eigenvalue weighted by Crippen LogP contribution is -2.24. The van der Waals surface area contributed by atoms with Crippen molar-refractivity contribution in [1.29, 1.82) is 0 Å². The topological polar surface area (TPSA) is 73.8 Å². The van der Waals surface area contributed by atoms with Crippen LogP contribution >= 0.6 is 11.6 Å². The SMILES string of the molecule is Cc1ccc(-c2nnc(Cn3c(=O)c(C)nc4ccc(Cl)cc43)o2)cc1. The molecule has 2 heterocycles. The molecule has 2 aromatic carbocycles. The third-order valence-corrected chi connectivity index (χ3v) is 4.36. The lowest BCUT2D eigenvalue weighted by molar-refractivity contribution is 0.487. The number of fused-ring (bicyclic) bond motifs is 1. The number of aromatic nitrogens is 4. The largest absolute Gasteiger partial charge is 0.419 e. The van der Waals surface area contributed by atoms with E-state index in [4.69, 9.17) is 16.0 Å². The summed E-state index contributed by atoms with van der Waals surface area (Å²) in [5, 5.41) is 8.70. The average molecular weight is 367 g/mol. The van der Waals surface area contributed by atoms with Crippen molar-refractivity contribution < 1.29 is 4.42 Å². The van der Waals surface area contributed by atoms with Crippen LogP contribution in [0.15, 0.2) is 51.7 Å². The average Bonchev–Trinajstić information content (AvgIpc) is 3.09. The molecule has 0 bridgehead atoms. The quantitative estimate of drug-likeness (QED) is 0.552. The molecule has 0 aliphatic heterocycles. The Morgan fingerprint density at radius 3 is 2.62 bits per heavy atom. The lowest BCUT2D eigenvalue weighted by Gasteiger charge is -2.09. The first-order valence-electron chi connectivity index (χ1n) is 8.07. The van der Waals surface area contributed by atoms with Crippen molar-refractivity contribution in [3.8, 4) is 11.5 Å². The number of hydrogen-bond acceptors (Lipinski definition) is 5. The fourth-order valence-corrected chi connectivity index (χ4v) is 2.93. The second kappa shape index (κ2) is 6.38. The summed E-state index contributed by atoms with van der Waals surface area (Å²) in [7, 11) is 0. The molecule has 0 spiro atoms. The molecule has 7 heteroatoms. The van der Waals surface area contributed by atoms with Gasteiger partial charge in [-0.25, -0.2) is 4.98 Å². The van der Waals surface area contributed by atoms with E-state index >= 15 is 0 Å². The van der Waals surface area contributed by atoms with E-state index in [1.54, 1.807) is 29.7 Å². The van der Waals surface area contributed by atoms with Gasteiger partial charge in [-0.2, -0.15) is 0 Å². The summed E-state index contributed by atoms with van der Waals surface area (Å²) in [6, 6.07) is 13.0. The molecule has 130 valence electrons. The van der Waals surface area contributed by atoms with Crippen LogP contribution in [-0.4, -0.2) is 19.7 Å². The van der Waals surface area contributed by atoms with Crippen LogP contribution in [0.4, 0.5) is 0 Å². The molecule has 0 aliphatic rings. The maximum atomic E-state index is 12.6. The van der Waals surface area contributed by atoms with Crippen LogP contribution in [0.25, 0.3) is 22.5 Å². The van der Waals surface area contributed by atoms with Crippen molar-refractivity contribution in [2.24, 2.45) is 0 Å². The maximum Gasteiger partial charge on any atom is 0.272 e. The van der Waals surface area contributed by atoms with Gasteiger partial charge in [0.2, 0.25) is 11.8 Å². The van der Waals surface area contributed by atoms with Crippen LogP contribution in [0.1, 0.15) is 17.1 Å². The minimum absolute atomic E-state index is 0.151. The van der Waals surface area contributed by atoms with Crippen molar-refractivity contribution in [3.63, 3.8) is 0 Å². The van der Waals surface area contributed by atoms with Crippen molar-refractivity contribution in [1.82, 2.24) is 19.7 Å². The van der Waals surface area contributed by atoms with Crippen molar-refractivity contribution >= 4 is 22.6 Å². The standard InChI is InChI=1S/C19H15ClN4O2/c1-11-3-5-13(6-4-11)18-23-22-17(26-18)10-24-16-9-14(20)7-8-15(16)21-12(2)19(24)25/h3-9H,10H2,1-2H3. The zero-order valence-electron chi connectivity index (χ0n) is 14.2. The van der Waals surface area contributed by atoms with E-state index in [-0.39, 0.29) is 12.1 Å². The Labute approximate surface area is 154 Å². The van der Waals surface area contributed by atoms with Crippen molar-refractivity contribution in [2.75, 3.05) is 0 Å². The Morgan fingerprint density at radius 2 is 1.85 bits per heavy atom. The Kier molecular flexibility index (Phi) is 4.05. The predicted octanol–water partition coefficient (Wildman–Crippen LogP) is 3.77. The highest BCUT2D eigenvalue weighted by atomic mass is 35.5. The normalized spacial score (nSPS) is 11.2. The van der Waals surface area contributed by atoms with E-state index < -0.39 is 0 Å². The first-order valence-corrected chi connectivity index (χ1v) is 8.45. The molecule has 0 saturated carbocycles. The summed E-state index contributed by atoms with van der Waals surface area (Å²) in [4.78, 5) is 16.9. The van der Waals surface area contributed by atoms with E-state index in [1.165, 1.54) is 0 Å². The highest BCUT2D eigenvalue weighted by molar-refractivity contribution is 6.31. The molecule has 2 aromatic heterocycles. The van der Waals surface area contributed by atoms with Gasteiger partial charge >= 0.3 is 0 Å². The summed E-state index contributed by atoms with van der Waals surface area (Å²) in [5.74, 6) is 0.760. The van der Waals surface area contributed by atoms with Gasteiger partial charge in [0.1, 0.15) is 12.2 Å². The van der Waals surface area contributed by atoms with Gasteiger partial charge < -0.3 is 4.42 Å². The predicted molar refractivity (Wildman–Crippen MR) is 99.3 cm³/mol. The summed E-state index contributed by atoms with van der Waals surface area (Å²) in [6.07, 6.45) is 0. The Bertz CT molecular complexity index is 1160. The molecular formula is C19H15ClN4O2. The fourth-order valence-electron chi connectivity index (χ4n) is 2.76. The Balaban J connectivity index is 1.76. The molecule has 0 N–H and O–H groups in total. The number of aryl methyl sites for hydroxylation is 2. The van der Waals surface area contributed by atoms with Gasteiger partial charge in [0, 0.05) is 10.6 Å². The highest BCUT2D eigenvalue weighted by Gasteiger charge is 2.14. The van der Waals surface area contributed by atoms with E-state index in [2.05, 4.69) is 15.2 Å². The van der Waals surface area contributed by atoms with Gasteiger partial charge in [-0.15, -0.1) is 10.2 Å². The zero-order valence-corrected chi connectivity index (χ0v) is 15.0. The van der Waals surface area contributed by atoms with Gasteiger partial charge in [-0.05, 0) is 44.2 Å². The van der Waals surface area contributed by atoms with Crippen LogP contribution in [0.2, 0.25) is 5.02 Å². The minimum atomic E-state index is -0.213. The molecule has 26 heavy (non-hydrogen) atoms. The summed E-state index contributed by atoms with van der Waals surface area (Å²) >= 11 is 6.09. The third-order valence-electron chi connectivity index (χ3n) is 4.13. The molecule has 0 amide bonds. The molecule has 0 fully saturated rings. The molecule has 0 radical (unpaired) electrons. The van der Waals surface area contributed by atoms with E-state index in [1.807, 2.05) is 31.2 Å². The lowest BCUT2D eigenvalue weighted by atomic mass is 10.1. The molecule has 0 unspecified atom stereocenters. The smallest absolute Gasteiger partial charge is 0.272 e. The van der Waals surface area contributed by atoms with Gasteiger partial charge in [-0.1, -0.05) is 29.3 Å². The molecular weight excluding hydrogens is 352 g/mol. The Morgan fingerprint density at radius 1 is 1.08 bits per heavy atom. The monoisotopic (exact) mass is 366 g/mol. The summed E-state index contributed by atoms with van der Waals surface area (Å²) < 4.78 is 7.30. The molecule has 0 aliphatic carbocycles. The maximum absolute atomic E-state index is 12.6.